The Morgan fingerprint density at radius 3 is 2.32 bits per heavy atom. The first-order valence-corrected chi connectivity index (χ1v) is 12.4. The number of aryl methyl sites for hydroxylation is 1. The molecule has 0 aliphatic heterocycles. The van der Waals surface area contributed by atoms with Gasteiger partial charge in [-0.25, -0.2) is 0 Å². The fourth-order valence-electron chi connectivity index (χ4n) is 4.72. The molecule has 1 amide bonds. The minimum absolute atomic E-state index is 0.113. The number of aromatic nitrogens is 1. The highest BCUT2D eigenvalue weighted by Crippen LogP contribution is 2.36. The summed E-state index contributed by atoms with van der Waals surface area (Å²) in [5, 5.41) is 5.60. The van der Waals surface area contributed by atoms with Crippen molar-refractivity contribution in [3.63, 3.8) is 0 Å². The molecule has 1 fully saturated rings. The summed E-state index contributed by atoms with van der Waals surface area (Å²) in [6.07, 6.45) is -0.135. The predicted octanol–water partition coefficient (Wildman–Crippen LogP) is 4.70. The van der Waals surface area contributed by atoms with Crippen molar-refractivity contribution in [3.8, 4) is 0 Å². The first-order chi connectivity index (χ1) is 15.9. The Hall–Kier alpha value is -2.33. The number of alkyl halides is 3. The molecule has 0 aromatic carbocycles. The number of anilines is 1. The minimum Gasteiger partial charge on any atom is -0.361 e. The van der Waals surface area contributed by atoms with E-state index in [1.807, 2.05) is 17.3 Å². The maximum absolute atomic E-state index is 12.9. The highest BCUT2D eigenvalue weighted by Gasteiger charge is 2.33. The van der Waals surface area contributed by atoms with Crippen molar-refractivity contribution in [2.75, 3.05) is 25.5 Å². The second kappa shape index (κ2) is 10.5. The first kappa shape index (κ1) is 26.3. The maximum atomic E-state index is 12.9. The van der Waals surface area contributed by atoms with Crippen molar-refractivity contribution >= 4 is 22.2 Å². The number of halogens is 3. The zero-order valence-corrected chi connectivity index (χ0v) is 21.1. The van der Waals surface area contributed by atoms with Crippen LogP contribution in [0.1, 0.15) is 65.3 Å². The molecule has 0 spiro atoms. The van der Waals surface area contributed by atoms with Gasteiger partial charge >= 0.3 is 6.18 Å². The second-order valence-corrected chi connectivity index (χ2v) is 10.0. The molecule has 2 heterocycles. The van der Waals surface area contributed by atoms with Gasteiger partial charge in [0.1, 0.15) is 5.69 Å². The van der Waals surface area contributed by atoms with E-state index < -0.39 is 17.4 Å². The molecule has 0 radical (unpaired) electrons. The summed E-state index contributed by atoms with van der Waals surface area (Å²) in [7, 11) is 4.24. The first-order valence-electron chi connectivity index (χ1n) is 11.5. The van der Waals surface area contributed by atoms with Crippen molar-refractivity contribution in [2.45, 2.75) is 71.3 Å². The number of nitrogens with zero attached hydrogens (tertiary/aromatic N) is 2. The molecule has 10 heteroatoms. The van der Waals surface area contributed by atoms with Gasteiger partial charge in [0.05, 0.1) is 10.6 Å². The largest absolute Gasteiger partial charge is 0.431 e. The van der Waals surface area contributed by atoms with Crippen molar-refractivity contribution in [1.82, 2.24) is 15.2 Å². The number of carbonyl (C=O) groups excluding carboxylic acids is 1. The Morgan fingerprint density at radius 2 is 1.79 bits per heavy atom. The van der Waals surface area contributed by atoms with Crippen LogP contribution in [0, 0.1) is 13.8 Å². The molecule has 0 saturated heterocycles. The Labute approximate surface area is 202 Å². The molecular formula is C24H33F3N4O2S. The summed E-state index contributed by atoms with van der Waals surface area (Å²) in [6.45, 7) is 6.18. The molecule has 34 heavy (non-hydrogen) atoms. The Morgan fingerprint density at radius 1 is 1.18 bits per heavy atom. The van der Waals surface area contributed by atoms with Gasteiger partial charge in [-0.15, -0.1) is 11.3 Å². The number of carbonyl (C=O) groups is 1. The summed E-state index contributed by atoms with van der Waals surface area (Å²) < 4.78 is 38.7. The summed E-state index contributed by atoms with van der Waals surface area (Å²) in [4.78, 5) is 31.6. The van der Waals surface area contributed by atoms with Gasteiger partial charge in [0.15, 0.2) is 0 Å². The molecular weight excluding hydrogens is 465 g/mol. The van der Waals surface area contributed by atoms with E-state index in [4.69, 9.17) is 0 Å². The van der Waals surface area contributed by atoms with Crippen LogP contribution in [0.2, 0.25) is 0 Å². The van der Waals surface area contributed by atoms with Gasteiger partial charge in [-0.05, 0) is 77.7 Å². The summed E-state index contributed by atoms with van der Waals surface area (Å²) in [5.41, 5.74) is -0.228. The molecule has 6 nitrogen and oxygen atoms in total. The lowest BCUT2D eigenvalue weighted by Gasteiger charge is -2.39. The Balaban J connectivity index is 1.71. The van der Waals surface area contributed by atoms with Gasteiger partial charge < -0.3 is 20.1 Å². The van der Waals surface area contributed by atoms with Gasteiger partial charge in [0.2, 0.25) is 0 Å². The number of hydrogen-bond acceptors (Lipinski definition) is 5. The SMILES string of the molecule is CCN(c1scc(C(=O)NCc2c(C)cc(C(F)(F)F)[nH]c2=O)c1C)C1CCC(N(C)C)CC1. The number of nitrogens with one attached hydrogen (secondary N) is 2. The summed E-state index contributed by atoms with van der Waals surface area (Å²) in [6, 6.07) is 1.93. The lowest BCUT2D eigenvalue weighted by atomic mass is 9.89. The van der Waals surface area contributed by atoms with Crippen molar-refractivity contribution < 1.29 is 18.0 Å². The minimum atomic E-state index is -4.63. The third-order valence-corrected chi connectivity index (χ3v) is 7.90. The number of aromatic amines is 1. The van der Waals surface area contributed by atoms with Crippen LogP contribution < -0.4 is 15.8 Å². The summed E-state index contributed by atoms with van der Waals surface area (Å²) in [5.74, 6) is -0.342. The fourth-order valence-corrected chi connectivity index (χ4v) is 5.93. The number of hydrogen-bond donors (Lipinski definition) is 2. The Bertz CT molecular complexity index is 1070. The molecule has 188 valence electrons. The Kier molecular flexibility index (Phi) is 8.13. The molecule has 0 unspecified atom stereocenters. The number of pyridine rings is 1. The van der Waals surface area contributed by atoms with E-state index in [0.717, 1.165) is 48.9 Å². The monoisotopic (exact) mass is 498 g/mol. The average Bonchev–Trinajstić information content (AvgIpc) is 3.14. The number of H-pyrrole nitrogens is 1. The molecule has 2 aromatic rings. The number of amides is 1. The van der Waals surface area contributed by atoms with E-state index in [1.54, 1.807) is 0 Å². The predicted molar refractivity (Wildman–Crippen MR) is 130 cm³/mol. The standard InChI is InChI=1S/C24H33F3N4O2S/c1-6-31(17-9-7-16(8-10-17)30(4)5)23-15(3)19(13-34-23)21(32)28-12-18-14(2)11-20(24(25,26)27)29-22(18)33/h11,13,16-17H,6-10,12H2,1-5H3,(H,28,32)(H,29,33). The van der Waals surface area contributed by atoms with Gasteiger partial charge in [0.25, 0.3) is 11.5 Å². The van der Waals surface area contributed by atoms with Crippen LogP contribution in [0.3, 0.4) is 0 Å². The number of rotatable bonds is 7. The molecule has 2 N–H and O–H groups in total. The average molecular weight is 499 g/mol. The van der Waals surface area contributed by atoms with Crippen molar-refractivity contribution in [1.29, 1.82) is 0 Å². The molecule has 2 aromatic heterocycles. The smallest absolute Gasteiger partial charge is 0.361 e. The topological polar surface area (TPSA) is 68.4 Å². The van der Waals surface area contributed by atoms with Crippen LogP contribution in [0.5, 0.6) is 0 Å². The zero-order valence-electron chi connectivity index (χ0n) is 20.3. The van der Waals surface area contributed by atoms with Crippen molar-refractivity contribution in [2.24, 2.45) is 0 Å². The fraction of sp³-hybridized carbons (Fsp3) is 0.583. The molecule has 0 atom stereocenters. The van der Waals surface area contributed by atoms with Crippen LogP contribution in [-0.2, 0) is 12.7 Å². The normalized spacial score (nSPS) is 18.9. The van der Waals surface area contributed by atoms with Crippen LogP contribution >= 0.6 is 11.3 Å². The van der Waals surface area contributed by atoms with Gasteiger partial charge in [-0.2, -0.15) is 13.2 Å². The molecule has 1 aliphatic rings. The van der Waals surface area contributed by atoms with Gasteiger partial charge in [-0.1, -0.05) is 0 Å². The highest BCUT2D eigenvalue weighted by molar-refractivity contribution is 7.14. The van der Waals surface area contributed by atoms with Gasteiger partial charge in [0, 0.05) is 36.1 Å². The van der Waals surface area contributed by atoms with Crippen LogP contribution in [0.25, 0.3) is 0 Å². The lowest BCUT2D eigenvalue weighted by molar-refractivity contribution is -0.141. The molecule has 1 saturated carbocycles. The summed E-state index contributed by atoms with van der Waals surface area (Å²) >= 11 is 1.53. The van der Waals surface area contributed by atoms with E-state index in [0.29, 0.717) is 17.6 Å². The van der Waals surface area contributed by atoms with E-state index in [-0.39, 0.29) is 23.6 Å². The quantitative estimate of drug-likeness (QED) is 0.581. The van der Waals surface area contributed by atoms with Crippen LogP contribution in [0.4, 0.5) is 18.2 Å². The maximum Gasteiger partial charge on any atom is 0.431 e. The molecule has 1 aliphatic carbocycles. The lowest BCUT2D eigenvalue weighted by Crippen LogP contribution is -2.42. The van der Waals surface area contributed by atoms with Crippen LogP contribution in [-0.4, -0.2) is 48.5 Å². The van der Waals surface area contributed by atoms with E-state index >= 15 is 0 Å². The second-order valence-electron chi connectivity index (χ2n) is 9.15. The van der Waals surface area contributed by atoms with Gasteiger partial charge in [-0.3, -0.25) is 9.59 Å². The van der Waals surface area contributed by atoms with E-state index in [1.165, 1.54) is 18.3 Å². The zero-order chi connectivity index (χ0) is 25.2. The third-order valence-electron chi connectivity index (χ3n) is 6.79. The highest BCUT2D eigenvalue weighted by atomic mass is 32.1. The number of thiophene rings is 1. The molecule has 0 bridgehead atoms. The van der Waals surface area contributed by atoms with E-state index in [2.05, 4.69) is 36.1 Å². The van der Waals surface area contributed by atoms with Crippen molar-refractivity contribution in [3.05, 3.63) is 49.7 Å². The molecule has 3 rings (SSSR count). The van der Waals surface area contributed by atoms with Crippen LogP contribution in [0.15, 0.2) is 16.2 Å². The third kappa shape index (κ3) is 5.66. The van der Waals surface area contributed by atoms with E-state index in [9.17, 15) is 22.8 Å².